The first kappa shape index (κ1) is 12.3. The van der Waals surface area contributed by atoms with Crippen LogP contribution in [-0.2, 0) is 12.8 Å². The van der Waals surface area contributed by atoms with Gasteiger partial charge in [-0.2, -0.15) is 0 Å². The van der Waals surface area contributed by atoms with Crippen LogP contribution in [0.2, 0.25) is 0 Å². The van der Waals surface area contributed by atoms with Crippen LogP contribution in [0.15, 0.2) is 48.5 Å². The van der Waals surface area contributed by atoms with Gasteiger partial charge in [-0.05, 0) is 30.9 Å². The maximum Gasteiger partial charge on any atom is 0.269 e. The van der Waals surface area contributed by atoms with Crippen LogP contribution in [-0.4, -0.2) is 4.92 Å². The Labute approximate surface area is 106 Å². The van der Waals surface area contributed by atoms with Crippen LogP contribution < -0.4 is 0 Å². The second-order valence-electron chi connectivity index (χ2n) is 4.41. The predicted octanol–water partition coefficient (Wildman–Crippen LogP) is 3.69. The van der Waals surface area contributed by atoms with Gasteiger partial charge in [-0.3, -0.25) is 10.1 Å². The summed E-state index contributed by atoms with van der Waals surface area (Å²) in [6.45, 7) is 2.06. The number of rotatable bonds is 4. The fraction of sp³-hybridized carbons (Fsp3) is 0.200. The molecule has 0 aliphatic rings. The van der Waals surface area contributed by atoms with Gasteiger partial charge in [-0.15, -0.1) is 0 Å². The number of non-ortho nitro benzene ring substituents is 1. The Bertz CT molecular complexity index is 547. The van der Waals surface area contributed by atoms with E-state index in [4.69, 9.17) is 0 Å². The van der Waals surface area contributed by atoms with Crippen LogP contribution in [0.1, 0.15) is 16.7 Å². The number of aryl methyl sites for hydroxylation is 3. The highest BCUT2D eigenvalue weighted by Gasteiger charge is 2.05. The molecule has 0 heterocycles. The summed E-state index contributed by atoms with van der Waals surface area (Å²) < 4.78 is 0. The molecule has 0 N–H and O–H groups in total. The molecule has 92 valence electrons. The molecule has 0 aliphatic heterocycles. The number of benzene rings is 2. The number of hydrogen-bond donors (Lipinski definition) is 0. The van der Waals surface area contributed by atoms with E-state index >= 15 is 0 Å². The fourth-order valence-corrected chi connectivity index (χ4v) is 1.87. The highest BCUT2D eigenvalue weighted by molar-refractivity contribution is 5.34. The van der Waals surface area contributed by atoms with E-state index in [1.807, 2.05) is 6.07 Å². The van der Waals surface area contributed by atoms with Gasteiger partial charge in [-0.25, -0.2) is 0 Å². The predicted molar refractivity (Wildman–Crippen MR) is 71.7 cm³/mol. The molecule has 0 atom stereocenters. The lowest BCUT2D eigenvalue weighted by Gasteiger charge is -2.03. The molecule has 0 amide bonds. The van der Waals surface area contributed by atoms with Gasteiger partial charge in [-0.1, -0.05) is 42.0 Å². The van der Waals surface area contributed by atoms with Gasteiger partial charge in [0.25, 0.3) is 5.69 Å². The standard InChI is InChI=1S/C15H15NO2/c1-12-5-7-13(8-6-12)9-10-14-3-2-4-15(11-14)16(17)18/h2-8,11H,9-10H2,1H3. The van der Waals surface area contributed by atoms with Gasteiger partial charge >= 0.3 is 0 Å². The average Bonchev–Trinajstić information content (AvgIpc) is 2.38. The molecule has 2 rings (SSSR count). The highest BCUT2D eigenvalue weighted by Crippen LogP contribution is 2.15. The Morgan fingerprint density at radius 1 is 1.00 bits per heavy atom. The van der Waals surface area contributed by atoms with E-state index in [2.05, 4.69) is 31.2 Å². The normalized spacial score (nSPS) is 10.3. The molecule has 0 fully saturated rings. The van der Waals surface area contributed by atoms with Crippen LogP contribution in [0, 0.1) is 17.0 Å². The van der Waals surface area contributed by atoms with E-state index in [1.54, 1.807) is 12.1 Å². The summed E-state index contributed by atoms with van der Waals surface area (Å²) in [5.41, 5.74) is 3.67. The van der Waals surface area contributed by atoms with Gasteiger partial charge in [0.15, 0.2) is 0 Å². The molecular weight excluding hydrogens is 226 g/mol. The molecule has 3 nitrogen and oxygen atoms in total. The maximum atomic E-state index is 10.7. The first-order chi connectivity index (χ1) is 8.65. The van der Waals surface area contributed by atoms with Crippen molar-refractivity contribution in [2.24, 2.45) is 0 Å². The Morgan fingerprint density at radius 2 is 1.67 bits per heavy atom. The zero-order chi connectivity index (χ0) is 13.0. The van der Waals surface area contributed by atoms with E-state index in [1.165, 1.54) is 17.2 Å². The number of nitro groups is 1. The second-order valence-corrected chi connectivity index (χ2v) is 4.41. The summed E-state index contributed by atoms with van der Waals surface area (Å²) in [5, 5.41) is 10.7. The molecule has 0 spiro atoms. The number of hydrogen-bond acceptors (Lipinski definition) is 2. The Balaban J connectivity index is 2.04. The third-order valence-electron chi connectivity index (χ3n) is 2.94. The van der Waals surface area contributed by atoms with Crippen molar-refractivity contribution in [3.05, 3.63) is 75.3 Å². The summed E-state index contributed by atoms with van der Waals surface area (Å²) in [6, 6.07) is 15.2. The minimum Gasteiger partial charge on any atom is -0.258 e. The lowest BCUT2D eigenvalue weighted by atomic mass is 10.0. The van der Waals surface area contributed by atoms with E-state index in [0.717, 1.165) is 18.4 Å². The van der Waals surface area contributed by atoms with E-state index in [0.29, 0.717) is 0 Å². The van der Waals surface area contributed by atoms with Crippen molar-refractivity contribution in [1.82, 2.24) is 0 Å². The van der Waals surface area contributed by atoms with Crippen LogP contribution in [0.4, 0.5) is 5.69 Å². The fourth-order valence-electron chi connectivity index (χ4n) is 1.87. The van der Waals surface area contributed by atoms with Gasteiger partial charge in [0.2, 0.25) is 0 Å². The summed E-state index contributed by atoms with van der Waals surface area (Å²) in [4.78, 5) is 10.3. The monoisotopic (exact) mass is 241 g/mol. The summed E-state index contributed by atoms with van der Waals surface area (Å²) in [5.74, 6) is 0. The third-order valence-corrected chi connectivity index (χ3v) is 2.94. The van der Waals surface area contributed by atoms with Crippen molar-refractivity contribution in [2.45, 2.75) is 19.8 Å². The van der Waals surface area contributed by atoms with Crippen molar-refractivity contribution >= 4 is 5.69 Å². The number of nitrogens with zero attached hydrogens (tertiary/aromatic N) is 1. The van der Waals surface area contributed by atoms with Gasteiger partial charge in [0.1, 0.15) is 0 Å². The van der Waals surface area contributed by atoms with Crippen molar-refractivity contribution in [3.8, 4) is 0 Å². The third kappa shape index (κ3) is 3.17. The maximum absolute atomic E-state index is 10.7. The Morgan fingerprint density at radius 3 is 2.33 bits per heavy atom. The lowest BCUT2D eigenvalue weighted by molar-refractivity contribution is -0.384. The number of nitro benzene ring substituents is 1. The van der Waals surface area contributed by atoms with Crippen molar-refractivity contribution in [2.75, 3.05) is 0 Å². The van der Waals surface area contributed by atoms with Crippen molar-refractivity contribution < 1.29 is 4.92 Å². The van der Waals surface area contributed by atoms with Crippen LogP contribution >= 0.6 is 0 Å². The first-order valence-corrected chi connectivity index (χ1v) is 5.94. The molecule has 0 saturated heterocycles. The molecule has 0 radical (unpaired) electrons. The van der Waals surface area contributed by atoms with Crippen LogP contribution in [0.5, 0.6) is 0 Å². The summed E-state index contributed by atoms with van der Waals surface area (Å²) in [6.07, 6.45) is 1.73. The smallest absolute Gasteiger partial charge is 0.258 e. The quantitative estimate of drug-likeness (QED) is 0.605. The Hall–Kier alpha value is -2.16. The van der Waals surface area contributed by atoms with Crippen molar-refractivity contribution in [3.63, 3.8) is 0 Å². The van der Waals surface area contributed by atoms with E-state index in [-0.39, 0.29) is 10.6 Å². The average molecular weight is 241 g/mol. The topological polar surface area (TPSA) is 43.1 Å². The van der Waals surface area contributed by atoms with Crippen LogP contribution in [0.3, 0.4) is 0 Å². The molecule has 18 heavy (non-hydrogen) atoms. The largest absolute Gasteiger partial charge is 0.269 e. The summed E-state index contributed by atoms with van der Waals surface area (Å²) >= 11 is 0. The van der Waals surface area contributed by atoms with Crippen LogP contribution in [0.25, 0.3) is 0 Å². The minimum atomic E-state index is -0.352. The SMILES string of the molecule is Cc1ccc(CCc2cccc([N+](=O)[O-])c2)cc1. The molecular formula is C15H15NO2. The summed E-state index contributed by atoms with van der Waals surface area (Å²) in [7, 11) is 0. The first-order valence-electron chi connectivity index (χ1n) is 5.94. The Kier molecular flexibility index (Phi) is 3.72. The zero-order valence-electron chi connectivity index (χ0n) is 10.3. The minimum absolute atomic E-state index is 0.163. The molecule has 2 aromatic rings. The van der Waals surface area contributed by atoms with Gasteiger partial charge in [0.05, 0.1) is 4.92 Å². The molecule has 0 aliphatic carbocycles. The molecule has 2 aromatic carbocycles. The molecule has 0 saturated carbocycles. The van der Waals surface area contributed by atoms with Gasteiger partial charge < -0.3 is 0 Å². The molecule has 0 bridgehead atoms. The molecule has 0 aromatic heterocycles. The molecule has 3 heteroatoms. The molecule has 0 unspecified atom stereocenters. The van der Waals surface area contributed by atoms with E-state index in [9.17, 15) is 10.1 Å². The van der Waals surface area contributed by atoms with Gasteiger partial charge in [0, 0.05) is 12.1 Å². The van der Waals surface area contributed by atoms with E-state index < -0.39 is 0 Å². The van der Waals surface area contributed by atoms with Crippen molar-refractivity contribution in [1.29, 1.82) is 0 Å². The highest BCUT2D eigenvalue weighted by atomic mass is 16.6. The zero-order valence-corrected chi connectivity index (χ0v) is 10.3. The lowest BCUT2D eigenvalue weighted by Crippen LogP contribution is -1.93. The second kappa shape index (κ2) is 5.45.